The number of hydrogen-bond acceptors (Lipinski definition) is 3. The molecular weight excluding hydrogens is 266 g/mol. The van der Waals surface area contributed by atoms with Crippen LogP contribution < -0.4 is 0 Å². The Balaban J connectivity index is 2.15. The van der Waals surface area contributed by atoms with Crippen LogP contribution in [0.4, 0.5) is 0 Å². The Kier molecular flexibility index (Phi) is 4.13. The molecule has 5 heteroatoms. The number of rotatable bonds is 4. The second kappa shape index (κ2) is 5.49. The van der Waals surface area contributed by atoms with Crippen LogP contribution in [0.25, 0.3) is 0 Å². The summed E-state index contributed by atoms with van der Waals surface area (Å²) in [4.78, 5) is 17.9. The number of halogens is 1. The molecule has 1 aliphatic heterocycles. The molecule has 1 saturated heterocycles. The first-order chi connectivity index (χ1) is 8.96. The molecule has 1 amide bonds. The number of ether oxygens (including phenoxy) is 1. The van der Waals surface area contributed by atoms with E-state index < -0.39 is 11.7 Å². The highest BCUT2D eigenvalue weighted by molar-refractivity contribution is 6.31. The Hall–Kier alpha value is -1.10. The van der Waals surface area contributed by atoms with Crippen LogP contribution in [0.1, 0.15) is 26.3 Å². The zero-order chi connectivity index (χ0) is 14.0. The van der Waals surface area contributed by atoms with Crippen LogP contribution in [0.5, 0.6) is 0 Å². The van der Waals surface area contributed by atoms with Crippen molar-refractivity contribution in [2.24, 2.45) is 5.41 Å². The first-order valence-corrected chi connectivity index (χ1v) is 6.68. The van der Waals surface area contributed by atoms with E-state index in [0.717, 1.165) is 5.56 Å². The van der Waals surface area contributed by atoms with Crippen molar-refractivity contribution in [1.29, 1.82) is 0 Å². The van der Waals surface area contributed by atoms with Gasteiger partial charge in [0, 0.05) is 11.6 Å². The van der Waals surface area contributed by atoms with Crippen molar-refractivity contribution >= 4 is 17.5 Å². The molecule has 104 valence electrons. The molecule has 1 atom stereocenters. The topological polar surface area (TPSA) is 38.8 Å². The third-order valence-corrected chi connectivity index (χ3v) is 3.55. The van der Waals surface area contributed by atoms with Gasteiger partial charge in [0.05, 0.1) is 12.0 Å². The maximum Gasteiger partial charge on any atom is 0.257 e. The average Bonchev–Trinajstić information content (AvgIpc) is 2.57. The summed E-state index contributed by atoms with van der Waals surface area (Å²) in [5, 5.41) is 1.96. The lowest BCUT2D eigenvalue weighted by atomic mass is 9.92. The molecule has 4 nitrogen and oxygen atoms in total. The quantitative estimate of drug-likeness (QED) is 0.853. The smallest absolute Gasteiger partial charge is 0.257 e. The molecule has 1 heterocycles. The van der Waals surface area contributed by atoms with Crippen molar-refractivity contribution in [3.8, 4) is 0 Å². The van der Waals surface area contributed by atoms with Gasteiger partial charge >= 0.3 is 0 Å². The van der Waals surface area contributed by atoms with Crippen molar-refractivity contribution in [1.82, 2.24) is 5.06 Å². The zero-order valence-electron chi connectivity index (χ0n) is 11.4. The number of hydroxylamine groups is 2. The van der Waals surface area contributed by atoms with E-state index in [1.807, 2.05) is 39.0 Å². The number of carbonyl (C=O) groups is 1. The largest absolute Gasteiger partial charge is 0.350 e. The second-order valence-corrected chi connectivity index (χ2v) is 5.45. The van der Waals surface area contributed by atoms with Gasteiger partial charge in [0.1, 0.15) is 0 Å². The molecular formula is C14H18ClNO3. The van der Waals surface area contributed by atoms with Crippen molar-refractivity contribution in [3.63, 3.8) is 0 Å². The molecule has 1 unspecified atom stereocenters. The summed E-state index contributed by atoms with van der Waals surface area (Å²) in [5.41, 5.74) is 0.169. The van der Waals surface area contributed by atoms with Gasteiger partial charge in [-0.3, -0.25) is 4.79 Å². The lowest BCUT2D eigenvalue weighted by Gasteiger charge is -2.19. The molecule has 0 saturated carbocycles. The number of hydrogen-bond donors (Lipinski definition) is 0. The van der Waals surface area contributed by atoms with Crippen LogP contribution in [-0.4, -0.2) is 23.9 Å². The van der Waals surface area contributed by atoms with E-state index in [1.54, 1.807) is 6.07 Å². The summed E-state index contributed by atoms with van der Waals surface area (Å²) in [5.74, 6) is -0.0918. The van der Waals surface area contributed by atoms with E-state index in [-0.39, 0.29) is 5.91 Å². The van der Waals surface area contributed by atoms with E-state index in [0.29, 0.717) is 18.2 Å². The summed E-state index contributed by atoms with van der Waals surface area (Å²) < 4.78 is 5.47. The number of carbonyl (C=O) groups excluding carboxylic acids is 1. The highest BCUT2D eigenvalue weighted by atomic mass is 35.5. The molecule has 0 aromatic heterocycles. The Morgan fingerprint density at radius 2 is 2.11 bits per heavy atom. The van der Waals surface area contributed by atoms with Crippen molar-refractivity contribution in [3.05, 3.63) is 34.9 Å². The summed E-state index contributed by atoms with van der Waals surface area (Å²) in [6.45, 7) is 6.35. The third kappa shape index (κ3) is 2.76. The standard InChI is InChI=1S/C14H18ClNO3/c1-4-18-13-14(2,3)12(17)16(19-13)9-10-7-5-6-8-11(10)15/h5-8,13H,4,9H2,1-3H3. The van der Waals surface area contributed by atoms with Crippen LogP contribution in [-0.2, 0) is 20.9 Å². The highest BCUT2D eigenvalue weighted by Crippen LogP contribution is 2.35. The van der Waals surface area contributed by atoms with Gasteiger partial charge in [0.25, 0.3) is 5.91 Å². The van der Waals surface area contributed by atoms with E-state index in [9.17, 15) is 4.79 Å². The first kappa shape index (κ1) is 14.3. The monoisotopic (exact) mass is 283 g/mol. The molecule has 1 aromatic carbocycles. The number of benzene rings is 1. The Bertz CT molecular complexity index is 476. The van der Waals surface area contributed by atoms with Gasteiger partial charge in [-0.05, 0) is 32.4 Å². The molecule has 2 rings (SSSR count). The summed E-state index contributed by atoms with van der Waals surface area (Å²) in [6.07, 6.45) is -0.549. The van der Waals surface area contributed by atoms with Crippen LogP contribution in [0, 0.1) is 5.41 Å². The molecule has 0 radical (unpaired) electrons. The van der Waals surface area contributed by atoms with Crippen LogP contribution in [0.3, 0.4) is 0 Å². The summed E-state index contributed by atoms with van der Waals surface area (Å²) >= 11 is 6.09. The minimum Gasteiger partial charge on any atom is -0.350 e. The Morgan fingerprint density at radius 1 is 1.42 bits per heavy atom. The fourth-order valence-electron chi connectivity index (χ4n) is 2.00. The van der Waals surface area contributed by atoms with Gasteiger partial charge in [-0.15, -0.1) is 0 Å². The molecule has 0 bridgehead atoms. The fourth-order valence-corrected chi connectivity index (χ4v) is 2.19. The third-order valence-electron chi connectivity index (χ3n) is 3.18. The highest BCUT2D eigenvalue weighted by Gasteiger charge is 2.49. The second-order valence-electron chi connectivity index (χ2n) is 5.05. The van der Waals surface area contributed by atoms with Gasteiger partial charge < -0.3 is 4.74 Å². The van der Waals surface area contributed by atoms with Gasteiger partial charge in [0.15, 0.2) is 6.29 Å². The number of amides is 1. The van der Waals surface area contributed by atoms with Gasteiger partial charge in [-0.2, -0.15) is 0 Å². The minimum absolute atomic E-state index is 0.0918. The molecule has 0 N–H and O–H groups in total. The summed E-state index contributed by atoms with van der Waals surface area (Å²) in [6, 6.07) is 7.40. The van der Waals surface area contributed by atoms with E-state index in [4.69, 9.17) is 21.2 Å². The normalized spacial score (nSPS) is 22.0. The molecule has 1 fully saturated rings. The van der Waals surface area contributed by atoms with Gasteiger partial charge in [0.2, 0.25) is 0 Å². The van der Waals surface area contributed by atoms with Crippen molar-refractivity contribution < 1.29 is 14.4 Å². The predicted molar refractivity (Wildman–Crippen MR) is 72.3 cm³/mol. The van der Waals surface area contributed by atoms with Crippen molar-refractivity contribution in [2.75, 3.05) is 6.61 Å². The van der Waals surface area contributed by atoms with Crippen LogP contribution >= 0.6 is 11.6 Å². The Labute approximate surface area is 118 Å². The maximum absolute atomic E-state index is 12.3. The molecule has 1 aliphatic rings. The summed E-state index contributed by atoms with van der Waals surface area (Å²) in [7, 11) is 0. The SMILES string of the molecule is CCOC1ON(Cc2ccccc2Cl)C(=O)C1(C)C. The van der Waals surface area contributed by atoms with E-state index in [1.165, 1.54) is 5.06 Å². The predicted octanol–water partition coefficient (Wildman–Crippen LogP) is 3.00. The van der Waals surface area contributed by atoms with Gasteiger partial charge in [-0.25, -0.2) is 9.90 Å². The number of nitrogens with zero attached hydrogens (tertiary/aromatic N) is 1. The maximum atomic E-state index is 12.3. The molecule has 19 heavy (non-hydrogen) atoms. The van der Waals surface area contributed by atoms with Crippen molar-refractivity contribution in [2.45, 2.75) is 33.6 Å². The van der Waals surface area contributed by atoms with E-state index in [2.05, 4.69) is 0 Å². The molecule has 0 aliphatic carbocycles. The first-order valence-electron chi connectivity index (χ1n) is 6.30. The Morgan fingerprint density at radius 3 is 2.74 bits per heavy atom. The molecule has 0 spiro atoms. The van der Waals surface area contributed by atoms with Crippen LogP contribution in [0.2, 0.25) is 5.02 Å². The molecule has 1 aromatic rings. The van der Waals surface area contributed by atoms with Crippen LogP contribution in [0.15, 0.2) is 24.3 Å². The van der Waals surface area contributed by atoms with Gasteiger partial charge in [-0.1, -0.05) is 29.8 Å². The lowest BCUT2D eigenvalue weighted by Crippen LogP contribution is -2.34. The average molecular weight is 284 g/mol. The zero-order valence-corrected chi connectivity index (χ0v) is 12.1. The lowest BCUT2D eigenvalue weighted by molar-refractivity contribution is -0.246. The van der Waals surface area contributed by atoms with E-state index >= 15 is 0 Å². The minimum atomic E-state index is -0.683. The fraction of sp³-hybridized carbons (Fsp3) is 0.500.